The number of sulfonamides is 1. The fourth-order valence-electron chi connectivity index (χ4n) is 1.67. The lowest BCUT2D eigenvalue weighted by Crippen LogP contribution is -2.36. The van der Waals surface area contributed by atoms with Crippen molar-refractivity contribution in [3.05, 3.63) is 32.8 Å². The molecule has 0 aromatic heterocycles. The Labute approximate surface area is 129 Å². The van der Waals surface area contributed by atoms with E-state index in [1.54, 1.807) is 6.92 Å². The minimum atomic E-state index is -4.28. The van der Waals surface area contributed by atoms with Crippen molar-refractivity contribution in [2.75, 3.05) is 13.1 Å². The van der Waals surface area contributed by atoms with Gasteiger partial charge in [0, 0.05) is 17.1 Å². The number of carboxylic acids is 1. The number of carboxylic acid groups (broad SMARTS) is 1. The first-order chi connectivity index (χ1) is 9.70. The summed E-state index contributed by atoms with van der Waals surface area (Å²) in [5.41, 5.74) is -0.593. The van der Waals surface area contributed by atoms with E-state index in [4.69, 9.17) is 5.11 Å². The van der Waals surface area contributed by atoms with Crippen LogP contribution in [0.4, 0.5) is 5.69 Å². The Bertz CT molecular complexity index is 661. The second-order valence-corrected chi connectivity index (χ2v) is 6.92. The number of nitrogens with zero attached hydrogens (tertiary/aromatic N) is 2. The first-order valence-corrected chi connectivity index (χ1v) is 8.09. The number of nitro benzene ring substituents is 1. The van der Waals surface area contributed by atoms with Crippen molar-refractivity contribution in [3.63, 3.8) is 0 Å². The first-order valence-electron chi connectivity index (χ1n) is 5.86. The molecule has 21 heavy (non-hydrogen) atoms. The van der Waals surface area contributed by atoms with Crippen molar-refractivity contribution in [3.8, 4) is 0 Å². The average molecular weight is 381 g/mol. The molecule has 0 aliphatic heterocycles. The highest BCUT2D eigenvalue weighted by molar-refractivity contribution is 9.10. The Balaban J connectivity index is 3.43. The lowest BCUT2D eigenvalue weighted by Gasteiger charge is -2.19. The van der Waals surface area contributed by atoms with Crippen LogP contribution in [-0.4, -0.2) is 41.8 Å². The molecule has 0 saturated carbocycles. The van der Waals surface area contributed by atoms with E-state index in [2.05, 4.69) is 15.9 Å². The Hall–Kier alpha value is -1.52. The second kappa shape index (κ2) is 6.96. The number of aliphatic carboxylic acids is 1. The summed E-state index contributed by atoms with van der Waals surface area (Å²) in [7, 11) is -4.28. The van der Waals surface area contributed by atoms with E-state index >= 15 is 0 Å². The van der Waals surface area contributed by atoms with Crippen LogP contribution >= 0.6 is 15.9 Å². The third kappa shape index (κ3) is 4.22. The van der Waals surface area contributed by atoms with Crippen LogP contribution < -0.4 is 0 Å². The molecule has 0 heterocycles. The van der Waals surface area contributed by atoms with Crippen LogP contribution in [0.2, 0.25) is 0 Å². The van der Waals surface area contributed by atoms with E-state index in [1.165, 1.54) is 6.07 Å². The largest absolute Gasteiger partial charge is 0.480 e. The first kappa shape index (κ1) is 17.5. The maximum Gasteiger partial charge on any atom is 0.318 e. The van der Waals surface area contributed by atoms with Gasteiger partial charge in [-0.1, -0.05) is 22.9 Å². The van der Waals surface area contributed by atoms with Crippen LogP contribution in [-0.2, 0) is 14.8 Å². The van der Waals surface area contributed by atoms with Crippen LogP contribution in [0.1, 0.15) is 13.3 Å². The third-order valence-corrected chi connectivity index (χ3v) is 4.89. The minimum Gasteiger partial charge on any atom is -0.480 e. The van der Waals surface area contributed by atoms with Crippen molar-refractivity contribution >= 4 is 37.6 Å². The molecule has 1 rings (SSSR count). The molecule has 0 aliphatic carbocycles. The zero-order valence-electron chi connectivity index (χ0n) is 11.0. The highest BCUT2D eigenvalue weighted by atomic mass is 79.9. The SMILES string of the molecule is CCCN(CC(=O)O)S(=O)(=O)c1cc(Br)ccc1[N+](=O)[O-]. The summed E-state index contributed by atoms with van der Waals surface area (Å²) >= 11 is 3.05. The predicted octanol–water partition coefficient (Wildman–Crippen LogP) is 1.84. The van der Waals surface area contributed by atoms with E-state index < -0.39 is 38.0 Å². The Morgan fingerprint density at radius 1 is 1.48 bits per heavy atom. The summed E-state index contributed by atoms with van der Waals surface area (Å²) in [5.74, 6) is -1.33. The van der Waals surface area contributed by atoms with E-state index in [0.29, 0.717) is 15.2 Å². The number of rotatable bonds is 7. The fraction of sp³-hybridized carbons (Fsp3) is 0.364. The van der Waals surface area contributed by atoms with Gasteiger partial charge in [0.15, 0.2) is 4.90 Å². The number of benzene rings is 1. The van der Waals surface area contributed by atoms with E-state index in [1.807, 2.05) is 0 Å². The standard InChI is InChI=1S/C11H13BrN2O6S/c1-2-5-13(7-11(15)16)21(19,20)10-6-8(12)3-4-9(10)14(17)18/h3-4,6H,2,5,7H2,1H3,(H,15,16). The van der Waals surface area contributed by atoms with Gasteiger partial charge in [0.2, 0.25) is 10.0 Å². The lowest BCUT2D eigenvalue weighted by atomic mass is 10.3. The van der Waals surface area contributed by atoms with Gasteiger partial charge in [-0.2, -0.15) is 4.31 Å². The molecule has 0 atom stereocenters. The zero-order valence-corrected chi connectivity index (χ0v) is 13.4. The molecule has 116 valence electrons. The average Bonchev–Trinajstić information content (AvgIpc) is 2.37. The van der Waals surface area contributed by atoms with Crippen molar-refractivity contribution in [1.29, 1.82) is 0 Å². The highest BCUT2D eigenvalue weighted by Gasteiger charge is 2.32. The monoisotopic (exact) mass is 380 g/mol. The smallest absolute Gasteiger partial charge is 0.318 e. The fourth-order valence-corrected chi connectivity index (χ4v) is 3.85. The van der Waals surface area contributed by atoms with Gasteiger partial charge in [-0.25, -0.2) is 8.42 Å². The predicted molar refractivity (Wildman–Crippen MR) is 77.5 cm³/mol. The summed E-state index contributed by atoms with van der Waals surface area (Å²) < 4.78 is 26.0. The van der Waals surface area contributed by atoms with Gasteiger partial charge in [0.25, 0.3) is 5.69 Å². The molecule has 0 amide bonds. The summed E-state index contributed by atoms with van der Waals surface area (Å²) in [5, 5.41) is 19.8. The minimum absolute atomic E-state index is 0.0434. The number of nitro groups is 1. The van der Waals surface area contributed by atoms with Crippen molar-refractivity contribution in [2.45, 2.75) is 18.2 Å². The van der Waals surface area contributed by atoms with Gasteiger partial charge in [-0.05, 0) is 18.6 Å². The summed E-state index contributed by atoms with van der Waals surface area (Å²) in [6, 6.07) is 3.50. The Morgan fingerprint density at radius 2 is 2.10 bits per heavy atom. The van der Waals surface area contributed by atoms with Gasteiger partial charge in [-0.15, -0.1) is 0 Å². The van der Waals surface area contributed by atoms with Gasteiger partial charge in [0.05, 0.1) is 4.92 Å². The molecule has 1 N–H and O–H groups in total. The van der Waals surface area contributed by atoms with Gasteiger partial charge >= 0.3 is 5.97 Å². The summed E-state index contributed by atoms with van der Waals surface area (Å²) in [4.78, 5) is 20.4. The van der Waals surface area contributed by atoms with Crippen LogP contribution in [0.25, 0.3) is 0 Å². The molecule has 1 aromatic carbocycles. The normalized spacial score (nSPS) is 11.6. The van der Waals surface area contributed by atoms with Gasteiger partial charge in [-0.3, -0.25) is 14.9 Å². The molecule has 1 aromatic rings. The molecule has 0 aliphatic rings. The third-order valence-electron chi connectivity index (χ3n) is 2.52. The van der Waals surface area contributed by atoms with E-state index in [0.717, 1.165) is 12.1 Å². The number of hydrogen-bond acceptors (Lipinski definition) is 5. The molecule has 0 saturated heterocycles. The van der Waals surface area contributed by atoms with E-state index in [9.17, 15) is 23.3 Å². The molecule has 10 heteroatoms. The molecule has 0 fully saturated rings. The maximum absolute atomic E-state index is 12.5. The van der Waals surface area contributed by atoms with Crippen molar-refractivity contribution in [2.24, 2.45) is 0 Å². The van der Waals surface area contributed by atoms with Crippen LogP contribution in [0.15, 0.2) is 27.6 Å². The summed E-state index contributed by atoms with van der Waals surface area (Å²) in [6.07, 6.45) is 0.383. The number of hydrogen-bond donors (Lipinski definition) is 1. The summed E-state index contributed by atoms with van der Waals surface area (Å²) in [6.45, 7) is 0.887. The van der Waals surface area contributed by atoms with E-state index in [-0.39, 0.29) is 6.54 Å². The molecule has 8 nitrogen and oxygen atoms in total. The number of carbonyl (C=O) groups is 1. The van der Waals surface area contributed by atoms with Crippen LogP contribution in [0, 0.1) is 10.1 Å². The quantitative estimate of drug-likeness (QED) is 0.569. The maximum atomic E-state index is 12.5. The topological polar surface area (TPSA) is 118 Å². The Kier molecular flexibility index (Phi) is 5.81. The molecular formula is C11H13BrN2O6S. The zero-order chi connectivity index (χ0) is 16.2. The van der Waals surface area contributed by atoms with Crippen molar-refractivity contribution < 1.29 is 23.2 Å². The van der Waals surface area contributed by atoms with Crippen LogP contribution in [0.3, 0.4) is 0 Å². The number of halogens is 1. The molecular weight excluding hydrogens is 368 g/mol. The van der Waals surface area contributed by atoms with Crippen LogP contribution in [0.5, 0.6) is 0 Å². The molecule has 0 spiro atoms. The Morgan fingerprint density at radius 3 is 2.57 bits per heavy atom. The lowest BCUT2D eigenvalue weighted by molar-refractivity contribution is -0.387. The van der Waals surface area contributed by atoms with Gasteiger partial charge < -0.3 is 5.11 Å². The highest BCUT2D eigenvalue weighted by Crippen LogP contribution is 2.29. The van der Waals surface area contributed by atoms with Gasteiger partial charge in [0.1, 0.15) is 6.54 Å². The molecule has 0 radical (unpaired) electrons. The second-order valence-electron chi connectivity index (χ2n) is 4.10. The molecule has 0 bridgehead atoms. The van der Waals surface area contributed by atoms with Crippen molar-refractivity contribution in [1.82, 2.24) is 4.31 Å². The molecule has 0 unspecified atom stereocenters.